The quantitative estimate of drug-likeness (QED) is 0.784. The van der Waals surface area contributed by atoms with Gasteiger partial charge in [0, 0.05) is 37.5 Å². The normalized spacial score (nSPS) is 10.5. The lowest BCUT2D eigenvalue weighted by Crippen LogP contribution is -2.30. The number of nitrogen functional groups attached to an aromatic ring is 1. The number of benzene rings is 1. The molecule has 5 heteroatoms. The van der Waals surface area contributed by atoms with E-state index < -0.39 is 0 Å². The largest absolute Gasteiger partial charge is 0.399 e. The monoisotopic (exact) mass is 302 g/mol. The van der Waals surface area contributed by atoms with Crippen LogP contribution in [0.4, 0.5) is 11.4 Å². The minimum atomic E-state index is 0.681. The molecular weight excluding hydrogens is 284 g/mol. The van der Waals surface area contributed by atoms with Crippen molar-refractivity contribution in [3.05, 3.63) is 22.7 Å². The zero-order valence-electron chi connectivity index (χ0n) is 10.3. The maximum atomic E-state index is 5.73. The first-order valence-electron chi connectivity index (χ1n) is 5.47. The Bertz CT molecular complexity index is 339. The first-order valence-corrected chi connectivity index (χ1v) is 6.26. The molecule has 0 saturated heterocycles. The van der Waals surface area contributed by atoms with Gasteiger partial charge in [-0.15, -0.1) is 0 Å². The summed E-state index contributed by atoms with van der Waals surface area (Å²) < 4.78 is 11.2. The fraction of sp³-hybridized carbons (Fsp3) is 0.500. The van der Waals surface area contributed by atoms with E-state index in [1.54, 1.807) is 14.2 Å². The van der Waals surface area contributed by atoms with E-state index >= 15 is 0 Å². The van der Waals surface area contributed by atoms with Crippen LogP contribution in [0.25, 0.3) is 0 Å². The predicted octanol–water partition coefficient (Wildman–Crippen LogP) is 2.13. The van der Waals surface area contributed by atoms with Crippen molar-refractivity contribution in [2.75, 3.05) is 51.2 Å². The summed E-state index contributed by atoms with van der Waals surface area (Å²) in [7, 11) is 3.40. The third-order valence-corrected chi connectivity index (χ3v) is 3.08. The highest BCUT2D eigenvalue weighted by molar-refractivity contribution is 9.10. The Morgan fingerprint density at radius 1 is 1.18 bits per heavy atom. The van der Waals surface area contributed by atoms with Gasteiger partial charge in [0.15, 0.2) is 0 Å². The Morgan fingerprint density at radius 3 is 2.24 bits per heavy atom. The molecule has 1 rings (SSSR count). The summed E-state index contributed by atoms with van der Waals surface area (Å²) in [5.41, 5.74) is 7.58. The van der Waals surface area contributed by atoms with Crippen molar-refractivity contribution in [3.63, 3.8) is 0 Å². The van der Waals surface area contributed by atoms with E-state index in [1.807, 2.05) is 18.2 Å². The van der Waals surface area contributed by atoms with E-state index in [1.165, 1.54) is 0 Å². The fourth-order valence-corrected chi connectivity index (χ4v) is 2.18. The Kier molecular flexibility index (Phi) is 6.32. The van der Waals surface area contributed by atoms with Gasteiger partial charge in [0.05, 0.1) is 18.9 Å². The Labute approximate surface area is 111 Å². The number of ether oxygens (including phenoxy) is 2. The van der Waals surface area contributed by atoms with Crippen LogP contribution in [0.2, 0.25) is 0 Å². The van der Waals surface area contributed by atoms with Gasteiger partial charge < -0.3 is 20.1 Å². The minimum absolute atomic E-state index is 0.681. The molecule has 0 spiro atoms. The first kappa shape index (κ1) is 14.3. The fourth-order valence-electron chi connectivity index (χ4n) is 1.54. The van der Waals surface area contributed by atoms with Gasteiger partial charge in [-0.3, -0.25) is 0 Å². The molecule has 0 radical (unpaired) electrons. The van der Waals surface area contributed by atoms with Crippen LogP contribution in [0.5, 0.6) is 0 Å². The predicted molar refractivity (Wildman–Crippen MR) is 74.5 cm³/mol. The second-order valence-electron chi connectivity index (χ2n) is 3.68. The molecule has 4 nitrogen and oxygen atoms in total. The lowest BCUT2D eigenvalue weighted by atomic mass is 10.2. The second-order valence-corrected chi connectivity index (χ2v) is 4.54. The average Bonchev–Trinajstić information content (AvgIpc) is 2.30. The summed E-state index contributed by atoms with van der Waals surface area (Å²) >= 11 is 3.53. The summed E-state index contributed by atoms with van der Waals surface area (Å²) in [6.07, 6.45) is 0. The van der Waals surface area contributed by atoms with Gasteiger partial charge in [0.1, 0.15) is 0 Å². The number of hydrogen-bond acceptors (Lipinski definition) is 4. The topological polar surface area (TPSA) is 47.7 Å². The number of nitrogens with two attached hydrogens (primary N) is 1. The van der Waals surface area contributed by atoms with Crippen LogP contribution in [0.15, 0.2) is 22.7 Å². The molecule has 0 unspecified atom stereocenters. The molecule has 0 atom stereocenters. The number of hydrogen-bond donors (Lipinski definition) is 1. The SMILES string of the molecule is COCCN(CCOC)c1ccc(N)cc1Br. The van der Waals surface area contributed by atoms with Gasteiger partial charge in [-0.05, 0) is 34.1 Å². The molecule has 1 aromatic rings. The van der Waals surface area contributed by atoms with Crippen molar-refractivity contribution < 1.29 is 9.47 Å². The maximum absolute atomic E-state index is 5.73. The summed E-state index contributed by atoms with van der Waals surface area (Å²) in [4.78, 5) is 2.20. The molecule has 0 heterocycles. The van der Waals surface area contributed by atoms with Crippen LogP contribution in [0.3, 0.4) is 0 Å². The van der Waals surface area contributed by atoms with Crippen molar-refractivity contribution >= 4 is 27.3 Å². The number of nitrogens with zero attached hydrogens (tertiary/aromatic N) is 1. The first-order chi connectivity index (χ1) is 8.19. The van der Waals surface area contributed by atoms with E-state index in [4.69, 9.17) is 15.2 Å². The molecule has 0 aliphatic rings. The Morgan fingerprint density at radius 2 is 1.76 bits per heavy atom. The standard InChI is InChI=1S/C12H19BrN2O2/c1-16-7-5-15(6-8-17-2)12-4-3-10(14)9-11(12)13/h3-4,9H,5-8,14H2,1-2H3. The van der Waals surface area contributed by atoms with E-state index in [-0.39, 0.29) is 0 Å². The van der Waals surface area contributed by atoms with Crippen molar-refractivity contribution in [2.24, 2.45) is 0 Å². The van der Waals surface area contributed by atoms with E-state index in [0.29, 0.717) is 13.2 Å². The lowest BCUT2D eigenvalue weighted by Gasteiger charge is -2.25. The van der Waals surface area contributed by atoms with Crippen LogP contribution in [0.1, 0.15) is 0 Å². The molecule has 0 aliphatic heterocycles. The summed E-state index contributed by atoms with van der Waals surface area (Å²) in [5, 5.41) is 0. The Balaban J connectivity index is 2.79. The summed E-state index contributed by atoms with van der Waals surface area (Å²) in [6, 6.07) is 5.80. The highest BCUT2D eigenvalue weighted by Gasteiger charge is 2.09. The molecular formula is C12H19BrN2O2. The van der Waals surface area contributed by atoms with Gasteiger partial charge in [0.2, 0.25) is 0 Å². The average molecular weight is 303 g/mol. The Hall–Kier alpha value is -0.780. The van der Waals surface area contributed by atoms with E-state index in [9.17, 15) is 0 Å². The van der Waals surface area contributed by atoms with E-state index in [2.05, 4.69) is 20.8 Å². The molecule has 96 valence electrons. The zero-order valence-corrected chi connectivity index (χ0v) is 11.9. The second kappa shape index (κ2) is 7.53. The van der Waals surface area contributed by atoms with Gasteiger partial charge in [0.25, 0.3) is 0 Å². The van der Waals surface area contributed by atoms with Crippen LogP contribution in [-0.4, -0.2) is 40.5 Å². The molecule has 0 amide bonds. The van der Waals surface area contributed by atoms with Gasteiger partial charge in [-0.2, -0.15) is 0 Å². The van der Waals surface area contributed by atoms with Gasteiger partial charge >= 0.3 is 0 Å². The summed E-state index contributed by atoms with van der Waals surface area (Å²) in [5.74, 6) is 0. The molecule has 1 aromatic carbocycles. The van der Waals surface area contributed by atoms with Crippen molar-refractivity contribution in [2.45, 2.75) is 0 Å². The smallest absolute Gasteiger partial charge is 0.0637 e. The molecule has 2 N–H and O–H groups in total. The van der Waals surface area contributed by atoms with Crippen molar-refractivity contribution in [1.29, 1.82) is 0 Å². The highest BCUT2D eigenvalue weighted by Crippen LogP contribution is 2.28. The third kappa shape index (κ3) is 4.53. The number of halogens is 1. The molecule has 0 bridgehead atoms. The summed E-state index contributed by atoms with van der Waals surface area (Å²) in [6.45, 7) is 3.01. The van der Waals surface area contributed by atoms with E-state index in [0.717, 1.165) is 28.9 Å². The van der Waals surface area contributed by atoms with Crippen LogP contribution in [-0.2, 0) is 9.47 Å². The highest BCUT2D eigenvalue weighted by atomic mass is 79.9. The zero-order chi connectivity index (χ0) is 12.7. The minimum Gasteiger partial charge on any atom is -0.399 e. The lowest BCUT2D eigenvalue weighted by molar-refractivity contribution is 0.190. The van der Waals surface area contributed by atoms with Gasteiger partial charge in [-0.25, -0.2) is 0 Å². The van der Waals surface area contributed by atoms with Crippen LogP contribution in [0, 0.1) is 0 Å². The number of rotatable bonds is 7. The number of methoxy groups -OCH3 is 2. The molecule has 0 fully saturated rings. The molecule has 0 aliphatic carbocycles. The van der Waals surface area contributed by atoms with Gasteiger partial charge in [-0.1, -0.05) is 0 Å². The number of anilines is 2. The van der Waals surface area contributed by atoms with Crippen molar-refractivity contribution in [3.8, 4) is 0 Å². The molecule has 17 heavy (non-hydrogen) atoms. The van der Waals surface area contributed by atoms with Crippen LogP contribution >= 0.6 is 15.9 Å². The van der Waals surface area contributed by atoms with Crippen LogP contribution < -0.4 is 10.6 Å². The molecule has 0 saturated carbocycles. The maximum Gasteiger partial charge on any atom is 0.0637 e. The third-order valence-electron chi connectivity index (χ3n) is 2.44. The molecule has 0 aromatic heterocycles. The van der Waals surface area contributed by atoms with Crippen molar-refractivity contribution in [1.82, 2.24) is 0 Å².